The number of thiophene rings is 1. The lowest BCUT2D eigenvalue weighted by Crippen LogP contribution is -1.92. The van der Waals surface area contributed by atoms with Gasteiger partial charge in [-0.2, -0.15) is 0 Å². The van der Waals surface area contributed by atoms with E-state index in [9.17, 15) is 0 Å². The van der Waals surface area contributed by atoms with Gasteiger partial charge in [-0.15, -0.1) is 23.1 Å². The molecule has 1 aromatic carbocycles. The molecule has 0 radical (unpaired) electrons. The van der Waals surface area contributed by atoms with Crippen molar-refractivity contribution in [3.8, 4) is 22.7 Å². The van der Waals surface area contributed by atoms with Crippen molar-refractivity contribution in [1.29, 1.82) is 0 Å². The van der Waals surface area contributed by atoms with Gasteiger partial charge in [0.2, 0.25) is 5.89 Å². The predicted octanol–water partition coefficient (Wildman–Crippen LogP) is 6.73. The van der Waals surface area contributed by atoms with E-state index in [1.54, 1.807) is 35.6 Å². The first-order chi connectivity index (χ1) is 13.1. The predicted molar refractivity (Wildman–Crippen MR) is 117 cm³/mol. The molecule has 0 aliphatic carbocycles. The number of rotatable bonds is 4. The number of nitrogens with zero attached hydrogens (tertiary/aromatic N) is 2. The molecule has 4 nitrogen and oxygen atoms in total. The summed E-state index contributed by atoms with van der Waals surface area (Å²) in [6.45, 7) is 8.33. The van der Waals surface area contributed by atoms with Gasteiger partial charge < -0.3 is 10.2 Å². The lowest BCUT2D eigenvalue weighted by Gasteiger charge is -2.07. The Balaban J connectivity index is 0.00000102. The lowest BCUT2D eigenvalue weighted by atomic mass is 10.0. The van der Waals surface area contributed by atoms with E-state index in [1.807, 2.05) is 38.1 Å². The molecule has 0 saturated carbocycles. The molecule has 0 aliphatic rings. The molecule has 0 spiro atoms. The number of nitrogens with two attached hydrogens (primary N) is 1. The van der Waals surface area contributed by atoms with Crippen LogP contribution in [0, 0.1) is 0 Å². The van der Waals surface area contributed by atoms with Crippen molar-refractivity contribution in [2.75, 3.05) is 5.73 Å². The Morgan fingerprint density at radius 3 is 2.52 bits per heavy atom. The Hall–Kier alpha value is -2.31. The van der Waals surface area contributed by atoms with E-state index >= 15 is 0 Å². The van der Waals surface area contributed by atoms with Crippen LogP contribution in [0.1, 0.15) is 27.7 Å². The van der Waals surface area contributed by atoms with Gasteiger partial charge >= 0.3 is 0 Å². The topological polar surface area (TPSA) is 64.9 Å². The Labute approximate surface area is 167 Å². The van der Waals surface area contributed by atoms with Crippen molar-refractivity contribution in [2.24, 2.45) is 0 Å². The average molecular weight is 398 g/mol. The Morgan fingerprint density at radius 1 is 1.15 bits per heavy atom. The molecule has 0 bridgehead atoms. The molecule has 6 heteroatoms. The number of hydrogen-bond donors (Lipinski definition) is 1. The standard InChI is InChI=1S/C19H17N3OS2.C2H6/c1-11(2)24-19-16(20)15-13(12-6-4-3-5-7-12)10-14(22-18(15)25-19)17-21-8-9-23-17;1-2/h3-11H,20H2,1-2H3;1-2H3. The van der Waals surface area contributed by atoms with Gasteiger partial charge in [0.05, 0.1) is 16.1 Å². The second-order valence-corrected chi connectivity index (χ2v) is 8.75. The summed E-state index contributed by atoms with van der Waals surface area (Å²) in [5, 5.41) is 1.47. The number of benzene rings is 1. The molecule has 4 rings (SSSR count). The summed E-state index contributed by atoms with van der Waals surface area (Å²) in [6.07, 6.45) is 3.19. The molecule has 3 heterocycles. The van der Waals surface area contributed by atoms with Crippen LogP contribution in [0.3, 0.4) is 0 Å². The van der Waals surface area contributed by atoms with Crippen LogP contribution in [0.5, 0.6) is 0 Å². The second kappa shape index (κ2) is 8.59. The van der Waals surface area contributed by atoms with Gasteiger partial charge in [-0.25, -0.2) is 9.97 Å². The zero-order chi connectivity index (χ0) is 19.4. The molecule has 0 amide bonds. The van der Waals surface area contributed by atoms with Crippen molar-refractivity contribution >= 4 is 39.0 Å². The number of nitrogen functional groups attached to an aromatic ring is 1. The van der Waals surface area contributed by atoms with Crippen LogP contribution in [-0.4, -0.2) is 15.2 Å². The summed E-state index contributed by atoms with van der Waals surface area (Å²) in [4.78, 5) is 9.92. The Morgan fingerprint density at radius 2 is 1.89 bits per heavy atom. The van der Waals surface area contributed by atoms with Gasteiger partial charge in [0, 0.05) is 10.6 Å². The first-order valence-electron chi connectivity index (χ1n) is 8.98. The third-order valence-electron chi connectivity index (χ3n) is 3.74. The normalized spacial score (nSPS) is 10.9. The molecule has 0 fully saturated rings. The molecular weight excluding hydrogens is 374 g/mol. The molecule has 140 valence electrons. The number of thioether (sulfide) groups is 1. The second-order valence-electron chi connectivity index (χ2n) is 5.91. The number of pyridine rings is 1. The van der Waals surface area contributed by atoms with Crippen LogP contribution in [0.25, 0.3) is 32.9 Å². The number of anilines is 1. The molecule has 27 heavy (non-hydrogen) atoms. The van der Waals surface area contributed by atoms with Crippen LogP contribution < -0.4 is 5.73 Å². The third-order valence-corrected chi connectivity index (χ3v) is 6.08. The smallest absolute Gasteiger partial charge is 0.245 e. The highest BCUT2D eigenvalue weighted by Crippen LogP contribution is 2.45. The molecule has 0 saturated heterocycles. The summed E-state index contributed by atoms with van der Waals surface area (Å²) in [6, 6.07) is 12.2. The minimum atomic E-state index is 0.460. The fourth-order valence-corrected chi connectivity index (χ4v) is 5.22. The zero-order valence-corrected chi connectivity index (χ0v) is 17.5. The molecule has 0 unspecified atom stereocenters. The van der Waals surface area contributed by atoms with Gasteiger partial charge in [-0.1, -0.05) is 58.0 Å². The van der Waals surface area contributed by atoms with Gasteiger partial charge in [-0.3, -0.25) is 0 Å². The van der Waals surface area contributed by atoms with Gasteiger partial charge in [0.1, 0.15) is 16.8 Å². The summed E-state index contributed by atoms with van der Waals surface area (Å²) in [7, 11) is 0. The fourth-order valence-electron chi connectivity index (χ4n) is 2.71. The minimum Gasteiger partial charge on any atom is -0.443 e. The molecular formula is C21H23N3OS2. The van der Waals surface area contributed by atoms with Crippen molar-refractivity contribution in [3.63, 3.8) is 0 Å². The summed E-state index contributed by atoms with van der Waals surface area (Å²) >= 11 is 3.40. The van der Waals surface area contributed by atoms with Crippen molar-refractivity contribution < 1.29 is 4.42 Å². The van der Waals surface area contributed by atoms with Crippen LogP contribution in [0.2, 0.25) is 0 Å². The highest BCUT2D eigenvalue weighted by atomic mass is 32.2. The van der Waals surface area contributed by atoms with Crippen LogP contribution >= 0.6 is 23.1 Å². The molecule has 0 aliphatic heterocycles. The van der Waals surface area contributed by atoms with Gasteiger partial charge in [0.25, 0.3) is 0 Å². The maximum Gasteiger partial charge on any atom is 0.245 e. The molecule has 0 atom stereocenters. The first-order valence-corrected chi connectivity index (χ1v) is 10.7. The number of hydrogen-bond acceptors (Lipinski definition) is 6. The van der Waals surface area contributed by atoms with E-state index in [0.717, 1.165) is 36.9 Å². The SMILES string of the molecule is CC.CC(C)Sc1sc2nc(-c3ncco3)cc(-c3ccccc3)c2c1N. The summed E-state index contributed by atoms with van der Waals surface area (Å²) in [5.74, 6) is 0.518. The number of aromatic nitrogens is 2. The van der Waals surface area contributed by atoms with Crippen molar-refractivity contribution in [3.05, 3.63) is 48.9 Å². The maximum absolute atomic E-state index is 6.50. The van der Waals surface area contributed by atoms with E-state index in [1.165, 1.54) is 0 Å². The number of oxazole rings is 1. The minimum absolute atomic E-state index is 0.460. The molecule has 2 N–H and O–H groups in total. The van der Waals surface area contributed by atoms with Crippen molar-refractivity contribution in [2.45, 2.75) is 37.2 Å². The van der Waals surface area contributed by atoms with Gasteiger partial charge in [-0.05, 0) is 17.2 Å². The Bertz CT molecular complexity index is 1010. The van der Waals surface area contributed by atoms with Crippen molar-refractivity contribution in [1.82, 2.24) is 9.97 Å². The molecule has 3 aromatic heterocycles. The number of fused-ring (bicyclic) bond motifs is 1. The quantitative estimate of drug-likeness (QED) is 0.387. The Kier molecular flexibility index (Phi) is 6.19. The van der Waals surface area contributed by atoms with Crippen LogP contribution in [0.15, 0.2) is 57.5 Å². The highest BCUT2D eigenvalue weighted by Gasteiger charge is 2.19. The highest BCUT2D eigenvalue weighted by molar-refractivity contribution is 8.02. The van der Waals surface area contributed by atoms with Crippen LogP contribution in [0.4, 0.5) is 5.69 Å². The van der Waals surface area contributed by atoms with E-state index in [-0.39, 0.29) is 0 Å². The van der Waals surface area contributed by atoms with E-state index in [4.69, 9.17) is 15.1 Å². The third kappa shape index (κ3) is 4.01. The summed E-state index contributed by atoms with van der Waals surface area (Å²) in [5.41, 5.74) is 10.2. The molecule has 4 aromatic rings. The monoisotopic (exact) mass is 397 g/mol. The maximum atomic E-state index is 6.50. The van der Waals surface area contributed by atoms with Crippen LogP contribution in [-0.2, 0) is 0 Å². The van der Waals surface area contributed by atoms with E-state index in [0.29, 0.717) is 11.1 Å². The average Bonchev–Trinajstić information content (AvgIpc) is 3.32. The van der Waals surface area contributed by atoms with E-state index < -0.39 is 0 Å². The largest absolute Gasteiger partial charge is 0.443 e. The lowest BCUT2D eigenvalue weighted by molar-refractivity contribution is 0.572. The van der Waals surface area contributed by atoms with E-state index in [2.05, 4.69) is 31.0 Å². The van der Waals surface area contributed by atoms with Gasteiger partial charge in [0.15, 0.2) is 0 Å². The summed E-state index contributed by atoms with van der Waals surface area (Å²) < 4.78 is 6.57. The zero-order valence-electron chi connectivity index (χ0n) is 15.9. The first kappa shape index (κ1) is 19.5. The fraction of sp³-hybridized carbons (Fsp3) is 0.238.